The summed E-state index contributed by atoms with van der Waals surface area (Å²) >= 11 is 0. The Morgan fingerprint density at radius 2 is 0.216 bits per heavy atom. The van der Waals surface area contributed by atoms with Crippen LogP contribution in [0.25, 0.3) is 0 Å². The van der Waals surface area contributed by atoms with Gasteiger partial charge in [-0.25, -0.2) is 0 Å². The molecule has 0 aromatic carbocycles. The van der Waals surface area contributed by atoms with Gasteiger partial charge in [0.1, 0.15) is 15.7 Å². The van der Waals surface area contributed by atoms with E-state index in [9.17, 15) is 0 Å². The molecule has 0 amide bonds. The second-order valence-corrected chi connectivity index (χ2v) is 61.8. The summed E-state index contributed by atoms with van der Waals surface area (Å²) in [5.41, 5.74) is 20.8. The van der Waals surface area contributed by atoms with E-state index >= 15 is 0 Å². The predicted molar refractivity (Wildman–Crippen MR) is 779 cm³/mol. The van der Waals surface area contributed by atoms with Gasteiger partial charge >= 0.3 is 0 Å². The van der Waals surface area contributed by atoms with Crippen LogP contribution in [0.3, 0.4) is 0 Å². The minimum atomic E-state index is 0.542. The quantitative estimate of drug-likeness (QED) is 0.0421. The Bertz CT molecular complexity index is 2670. The SMILES string of the molecule is BC(B)CC(=CC(CC(CC(B)B)CC(B)B)CC(CC(C=C(CC(B)B)CC(B)B)CC(CC(B)B)CC(B)B)CC(CC(C=C(CC(CC(B)B)CC(B)B)CC(CC(B)B)CC(B)B)CC(CC(CC(B)B)CC(B)B)CC(CC(B)B)CC(B)B)CC(CC(CC(CC(B)B)CC(B)B)CC(CC(B)B)CC(B)C)CC(CC(CC(B)B)CC(B)B)CC(CC(B)B)CC(B)C)CC(B)B. The number of hydrogen-bond donors (Lipinski definition) is 0. The fourth-order valence-corrected chi connectivity index (χ4v) is 30.4. The molecular formula is C93H228B46. The van der Waals surface area contributed by atoms with E-state index in [2.05, 4.69) is 393 Å². The van der Waals surface area contributed by atoms with Crippen LogP contribution in [0, 0.1) is 112 Å². The van der Waals surface area contributed by atoms with Crippen molar-refractivity contribution in [2.24, 2.45) is 112 Å². The Labute approximate surface area is 921 Å². The Balaban J connectivity index is 12.6. The Hall–Kier alpha value is 2.21. The molecule has 0 aliphatic carbocycles. The van der Waals surface area contributed by atoms with E-state index in [0.717, 1.165) is 59.2 Å². The summed E-state index contributed by atoms with van der Waals surface area (Å²) in [6.07, 6.45) is 67.3. The Kier molecular flexibility index (Phi) is 80.5. The molecule has 738 valence electrons. The van der Waals surface area contributed by atoms with E-state index in [1.54, 1.807) is 0 Å². The van der Waals surface area contributed by atoms with Gasteiger partial charge in [0.15, 0.2) is 0 Å². The number of hydrogen-bond acceptors (Lipinski definition) is 0. The molecule has 0 fully saturated rings. The van der Waals surface area contributed by atoms with E-state index < -0.39 is 0 Å². The number of rotatable bonds is 87. The van der Waals surface area contributed by atoms with E-state index in [-0.39, 0.29) is 0 Å². The maximum Gasteiger partial charge on any atom is 0.105 e. The molecule has 0 heterocycles. The fraction of sp³-hybridized carbons (Fsp3) is 0.935. The van der Waals surface area contributed by atoms with Crippen LogP contribution in [-0.2, 0) is 0 Å². The number of allylic oxidation sites excluding steroid dienone is 6. The van der Waals surface area contributed by atoms with Crippen molar-refractivity contribution in [2.45, 2.75) is 421 Å². The third kappa shape index (κ3) is 80.7. The van der Waals surface area contributed by atoms with Crippen molar-refractivity contribution in [2.75, 3.05) is 0 Å². The van der Waals surface area contributed by atoms with Crippen molar-refractivity contribution in [3.8, 4) is 0 Å². The molecule has 10 unspecified atom stereocenters. The molecule has 0 aliphatic rings. The second kappa shape index (κ2) is 79.2. The highest BCUT2D eigenvalue weighted by Gasteiger charge is 2.38. The van der Waals surface area contributed by atoms with E-state index in [4.69, 9.17) is 0 Å². The van der Waals surface area contributed by atoms with Crippen LogP contribution in [0.15, 0.2) is 34.9 Å². The molecular weight excluding hydrogens is 1610 g/mol. The summed E-state index contributed by atoms with van der Waals surface area (Å²) < 4.78 is 0. The third-order valence-electron chi connectivity index (χ3n) is 31.8. The summed E-state index contributed by atoms with van der Waals surface area (Å²) in [5.74, 6) is 14.7. The monoisotopic (exact) mass is 1850 g/mol. The van der Waals surface area contributed by atoms with Crippen molar-refractivity contribution in [1.82, 2.24) is 0 Å². The topological polar surface area (TPSA) is 0 Å². The van der Waals surface area contributed by atoms with Gasteiger partial charge in [-0.2, -0.15) is 0 Å². The largest absolute Gasteiger partial charge is 0.105 e. The first-order valence-electron chi connectivity index (χ1n) is 63.5. The van der Waals surface area contributed by atoms with Crippen LogP contribution in [0.4, 0.5) is 0 Å². The summed E-state index contributed by atoms with van der Waals surface area (Å²) in [5, 5.41) is 0. The van der Waals surface area contributed by atoms with Crippen LogP contribution in [0.5, 0.6) is 0 Å². The van der Waals surface area contributed by atoms with Gasteiger partial charge in [-0.1, -0.05) is 315 Å². The average Bonchev–Trinajstić information content (AvgIpc) is 0.839. The molecule has 0 aromatic rings. The molecule has 46 heteroatoms. The van der Waals surface area contributed by atoms with Crippen molar-refractivity contribution in [1.29, 1.82) is 0 Å². The summed E-state index contributed by atoms with van der Waals surface area (Å²) in [4.78, 5) is 0. The van der Waals surface area contributed by atoms with Crippen LogP contribution in [0.1, 0.15) is 284 Å². The molecule has 0 aromatic heterocycles. The lowest BCUT2D eigenvalue weighted by Crippen LogP contribution is -2.27. The van der Waals surface area contributed by atoms with Gasteiger partial charge in [0, 0.05) is 0 Å². The highest BCUT2D eigenvalue weighted by atomic mass is 14.4. The predicted octanol–water partition coefficient (Wildman–Crippen LogP) is -13.0. The first-order valence-corrected chi connectivity index (χ1v) is 63.5. The summed E-state index contributed by atoms with van der Waals surface area (Å²) in [6, 6.07) is 0. The fourth-order valence-electron chi connectivity index (χ4n) is 30.4. The lowest BCUT2D eigenvalue weighted by molar-refractivity contribution is 0.149. The van der Waals surface area contributed by atoms with Gasteiger partial charge in [-0.15, -0.1) is 0 Å². The standard InChI is InChI=1S/C93H228B46/c1-48(94)3-50(26-72(96)97)5-52(16-62(28-74(100)101)29-75(102)103)7-54(8-53(6-51(4-49(2)95)27-73(98)99)17-63(30-76(104)105)31-77(106)107)9-55(10-56(12-58(18-64(32-78(108)109)33-79(110)111)19-65(34-80(112)113)35-81(114)115)13-59(20-66(36-82(116)117)37-83(118)119)21-67(38-84(120)121)39-85(122)123)11-57(14-60(22-68(40-86(124)125)41-87(126)127)23-69(42-88(128)129)43-89(130)131)15-61(24-70(44-90(132)133)45-91(134)135)25-71(46-92(136)137)47-93(138)139/h12,22,24,48-57,59-67,69,71-93H,3-11,13-21,23,25-47,94-139H2,1-2H3. The highest BCUT2D eigenvalue weighted by molar-refractivity contribution is 6.43. The van der Waals surface area contributed by atoms with Crippen molar-refractivity contribution < 1.29 is 0 Å². The van der Waals surface area contributed by atoms with Gasteiger partial charge in [-0.3, -0.25) is 0 Å². The molecule has 0 radical (unpaired) electrons. The van der Waals surface area contributed by atoms with Crippen LogP contribution < -0.4 is 0 Å². The molecule has 0 spiro atoms. The van der Waals surface area contributed by atoms with Crippen molar-refractivity contribution in [3.05, 3.63) is 34.9 Å². The molecule has 0 saturated heterocycles. The minimum absolute atomic E-state index is 0.542. The molecule has 139 heavy (non-hydrogen) atoms. The van der Waals surface area contributed by atoms with Gasteiger partial charge in [0.05, 0.1) is 345 Å². The van der Waals surface area contributed by atoms with E-state index in [1.165, 1.54) is 270 Å². The zero-order valence-corrected chi connectivity index (χ0v) is 106. The lowest BCUT2D eigenvalue weighted by atomic mass is 9.58. The second-order valence-electron chi connectivity index (χ2n) is 61.8. The van der Waals surface area contributed by atoms with Crippen LogP contribution in [-0.4, -0.2) is 361 Å². The van der Waals surface area contributed by atoms with Gasteiger partial charge < -0.3 is 0 Å². The summed E-state index contributed by atoms with van der Waals surface area (Å²) in [6.45, 7) is 5.21. The maximum atomic E-state index is 3.34. The van der Waals surface area contributed by atoms with E-state index in [1.807, 2.05) is 16.7 Å². The molecule has 0 N–H and O–H groups in total. The molecule has 0 bridgehead atoms. The van der Waals surface area contributed by atoms with Crippen molar-refractivity contribution in [3.63, 3.8) is 0 Å². The molecule has 0 aliphatic heterocycles. The molecule has 0 saturated carbocycles. The molecule has 10 atom stereocenters. The zero-order valence-electron chi connectivity index (χ0n) is 106. The van der Waals surface area contributed by atoms with Crippen molar-refractivity contribution >= 4 is 361 Å². The zero-order chi connectivity index (χ0) is 106. The maximum absolute atomic E-state index is 3.34. The highest BCUT2D eigenvalue weighted by Crippen LogP contribution is 2.50. The first-order chi connectivity index (χ1) is 64.5. The average molecular weight is 1840 g/mol. The third-order valence-corrected chi connectivity index (χ3v) is 31.8. The molecule has 0 nitrogen and oxygen atoms in total. The van der Waals surface area contributed by atoms with Crippen LogP contribution in [0.2, 0.25) is 137 Å². The molecule has 0 rings (SSSR count). The van der Waals surface area contributed by atoms with Crippen LogP contribution >= 0.6 is 0 Å². The smallest absolute Gasteiger partial charge is 0.0957 e. The normalized spacial score (nSPS) is 15.6. The van der Waals surface area contributed by atoms with Gasteiger partial charge in [0.25, 0.3) is 0 Å². The first kappa shape index (κ1) is 141. The lowest BCUT2D eigenvalue weighted by Gasteiger charge is -2.39. The van der Waals surface area contributed by atoms with E-state index in [0.29, 0.717) is 191 Å². The Morgan fingerprint density at radius 3 is 0.345 bits per heavy atom. The summed E-state index contributed by atoms with van der Waals surface area (Å²) in [7, 11) is 119. The van der Waals surface area contributed by atoms with Gasteiger partial charge in [0.2, 0.25) is 0 Å². The minimum Gasteiger partial charge on any atom is -0.0957 e. The van der Waals surface area contributed by atoms with Gasteiger partial charge in [-0.05, 0) is 254 Å². The Morgan fingerprint density at radius 1 is 0.115 bits per heavy atom.